The van der Waals surface area contributed by atoms with Crippen LogP contribution in [0.3, 0.4) is 0 Å². The van der Waals surface area contributed by atoms with E-state index in [1.807, 2.05) is 0 Å². The topological polar surface area (TPSA) is 95.5 Å². The molecule has 7 heteroatoms. The van der Waals surface area contributed by atoms with E-state index < -0.39 is 17.4 Å². The molecular formula is C18H27N3O4. The van der Waals surface area contributed by atoms with Crippen LogP contribution in [0.25, 0.3) is 0 Å². The number of ether oxygens (including phenoxy) is 1. The van der Waals surface area contributed by atoms with Crippen molar-refractivity contribution in [3.8, 4) is 0 Å². The van der Waals surface area contributed by atoms with Crippen LogP contribution in [0.5, 0.6) is 0 Å². The van der Waals surface area contributed by atoms with Gasteiger partial charge in [-0.15, -0.1) is 0 Å². The number of aliphatic hydroxyl groups is 1. The van der Waals surface area contributed by atoms with Crippen LogP contribution < -0.4 is 5.69 Å². The van der Waals surface area contributed by atoms with E-state index in [-0.39, 0.29) is 17.6 Å². The summed E-state index contributed by atoms with van der Waals surface area (Å²) in [4.78, 5) is 33.2. The molecule has 2 aliphatic rings. The number of amides is 1. The Morgan fingerprint density at radius 3 is 2.96 bits per heavy atom. The summed E-state index contributed by atoms with van der Waals surface area (Å²) in [7, 11) is 1.67. The van der Waals surface area contributed by atoms with Gasteiger partial charge in [-0.3, -0.25) is 4.79 Å². The Labute approximate surface area is 147 Å². The maximum absolute atomic E-state index is 13.0. The van der Waals surface area contributed by atoms with Gasteiger partial charge in [0.15, 0.2) is 0 Å². The zero-order valence-electron chi connectivity index (χ0n) is 15.1. The van der Waals surface area contributed by atoms with E-state index in [1.165, 1.54) is 0 Å². The molecule has 1 saturated heterocycles. The quantitative estimate of drug-likeness (QED) is 0.849. The molecule has 0 spiro atoms. The van der Waals surface area contributed by atoms with Gasteiger partial charge >= 0.3 is 5.69 Å². The highest BCUT2D eigenvalue weighted by molar-refractivity contribution is 5.93. The van der Waals surface area contributed by atoms with Gasteiger partial charge < -0.3 is 19.7 Å². The van der Waals surface area contributed by atoms with Crippen molar-refractivity contribution in [3.63, 3.8) is 0 Å². The molecule has 1 aromatic heterocycles. The lowest BCUT2D eigenvalue weighted by molar-refractivity contribution is -0.0824. The molecule has 0 aromatic carbocycles. The lowest BCUT2D eigenvalue weighted by atomic mass is 9.79. The molecule has 1 aliphatic carbocycles. The molecule has 1 aromatic rings. The van der Waals surface area contributed by atoms with Crippen molar-refractivity contribution in [2.45, 2.75) is 63.7 Å². The molecule has 1 aliphatic heterocycles. The van der Waals surface area contributed by atoms with Crippen LogP contribution in [0.2, 0.25) is 0 Å². The van der Waals surface area contributed by atoms with Crippen LogP contribution in [-0.4, -0.2) is 57.3 Å². The first-order valence-electron chi connectivity index (χ1n) is 8.99. The third kappa shape index (κ3) is 3.48. The van der Waals surface area contributed by atoms with Gasteiger partial charge in [-0.05, 0) is 44.1 Å². The Morgan fingerprint density at radius 1 is 1.52 bits per heavy atom. The minimum absolute atomic E-state index is 0.173. The molecule has 1 amide bonds. The number of fused-ring (bicyclic) bond motifs is 1. The van der Waals surface area contributed by atoms with Crippen molar-refractivity contribution in [2.24, 2.45) is 5.92 Å². The van der Waals surface area contributed by atoms with Crippen molar-refractivity contribution in [1.82, 2.24) is 14.9 Å². The highest BCUT2D eigenvalue weighted by atomic mass is 16.5. The van der Waals surface area contributed by atoms with Crippen LogP contribution >= 0.6 is 0 Å². The van der Waals surface area contributed by atoms with Crippen LogP contribution in [0.4, 0.5) is 0 Å². The molecule has 25 heavy (non-hydrogen) atoms. The molecule has 2 fully saturated rings. The molecular weight excluding hydrogens is 322 g/mol. The number of carbonyl (C=O) groups excluding carboxylic acids is 1. The Balaban J connectivity index is 1.88. The fraction of sp³-hybridized carbons (Fsp3) is 0.722. The second kappa shape index (κ2) is 6.88. The highest BCUT2D eigenvalue weighted by Crippen LogP contribution is 2.42. The van der Waals surface area contributed by atoms with Crippen molar-refractivity contribution in [2.75, 3.05) is 13.7 Å². The van der Waals surface area contributed by atoms with Gasteiger partial charge in [0.1, 0.15) is 5.69 Å². The first kappa shape index (κ1) is 18.1. The molecule has 3 rings (SSSR count). The Morgan fingerprint density at radius 2 is 2.28 bits per heavy atom. The molecule has 2 N–H and O–H groups in total. The van der Waals surface area contributed by atoms with E-state index in [1.54, 1.807) is 18.1 Å². The number of H-pyrrole nitrogens is 1. The van der Waals surface area contributed by atoms with Crippen molar-refractivity contribution in [1.29, 1.82) is 0 Å². The zero-order valence-corrected chi connectivity index (χ0v) is 15.1. The maximum Gasteiger partial charge on any atom is 0.345 e. The number of methoxy groups -OCH3 is 1. The van der Waals surface area contributed by atoms with E-state index >= 15 is 0 Å². The second-order valence-corrected chi connectivity index (χ2v) is 7.66. The summed E-state index contributed by atoms with van der Waals surface area (Å²) in [6, 6.07) is 1.50. The van der Waals surface area contributed by atoms with Crippen LogP contribution in [0.15, 0.2) is 10.9 Å². The number of nitrogens with zero attached hydrogens (tertiary/aromatic N) is 2. The van der Waals surface area contributed by atoms with E-state index in [9.17, 15) is 14.7 Å². The number of aliphatic hydroxyl groups excluding tert-OH is 1. The molecule has 3 atom stereocenters. The third-order valence-electron chi connectivity index (χ3n) is 5.47. The summed E-state index contributed by atoms with van der Waals surface area (Å²) in [6.07, 6.45) is 2.93. The Hall–Kier alpha value is -1.73. The fourth-order valence-corrected chi connectivity index (χ4v) is 4.23. The fourth-order valence-electron chi connectivity index (χ4n) is 4.23. The first-order chi connectivity index (χ1) is 11.8. The van der Waals surface area contributed by atoms with E-state index in [4.69, 9.17) is 4.74 Å². The predicted molar refractivity (Wildman–Crippen MR) is 92.4 cm³/mol. The molecule has 138 valence electrons. The van der Waals surface area contributed by atoms with Gasteiger partial charge in [0.2, 0.25) is 0 Å². The number of hydrogen-bond donors (Lipinski definition) is 2. The summed E-state index contributed by atoms with van der Waals surface area (Å²) in [5.74, 6) is 0.108. The average molecular weight is 349 g/mol. The average Bonchev–Trinajstić information content (AvgIpc) is 2.92. The third-order valence-corrected chi connectivity index (χ3v) is 5.47. The van der Waals surface area contributed by atoms with Crippen molar-refractivity contribution in [3.05, 3.63) is 27.9 Å². The molecule has 2 heterocycles. The van der Waals surface area contributed by atoms with Gasteiger partial charge in [0, 0.05) is 19.3 Å². The Bertz CT molecular complexity index is 702. The van der Waals surface area contributed by atoms with E-state index in [0.717, 1.165) is 18.5 Å². The van der Waals surface area contributed by atoms with Crippen molar-refractivity contribution >= 4 is 5.91 Å². The number of nitrogens with one attached hydrogen (secondary N) is 1. The first-order valence-corrected chi connectivity index (χ1v) is 8.99. The van der Waals surface area contributed by atoms with Gasteiger partial charge in [0.25, 0.3) is 5.91 Å². The number of carbonyl (C=O) groups is 1. The SMILES string of the molecule is CO[C@@]12CC[C@@H](O)C[C@@H]1N(C(=O)c1cc(CC(C)C)[nH]c(=O)n1)CC2. The summed E-state index contributed by atoms with van der Waals surface area (Å²) in [5, 5.41) is 10.1. The van der Waals surface area contributed by atoms with Crippen LogP contribution in [0.1, 0.15) is 55.7 Å². The standard InChI is InChI=1S/C18H27N3O4/c1-11(2)8-12-9-14(20-17(24)19-12)16(23)21-7-6-18(25-3)5-4-13(22)10-15(18)21/h9,11,13,15,22H,4-8,10H2,1-3H3,(H,19,20,24)/t13-,15+,18-/m1/s1. The molecule has 0 bridgehead atoms. The number of likely N-dealkylation sites (tertiary alicyclic amines) is 1. The summed E-state index contributed by atoms with van der Waals surface area (Å²) < 4.78 is 5.77. The smallest absolute Gasteiger partial charge is 0.345 e. The molecule has 0 radical (unpaired) electrons. The van der Waals surface area contributed by atoms with E-state index in [2.05, 4.69) is 23.8 Å². The van der Waals surface area contributed by atoms with Gasteiger partial charge in [-0.25, -0.2) is 4.79 Å². The summed E-state index contributed by atoms with van der Waals surface area (Å²) >= 11 is 0. The molecule has 7 nitrogen and oxygen atoms in total. The zero-order chi connectivity index (χ0) is 18.2. The minimum Gasteiger partial charge on any atom is -0.393 e. The van der Waals surface area contributed by atoms with Crippen molar-refractivity contribution < 1.29 is 14.6 Å². The Kier molecular flexibility index (Phi) is 4.97. The van der Waals surface area contributed by atoms with Gasteiger partial charge in [-0.1, -0.05) is 13.8 Å². The highest BCUT2D eigenvalue weighted by Gasteiger charge is 2.52. The lowest BCUT2D eigenvalue weighted by Crippen LogP contribution is -2.53. The van der Waals surface area contributed by atoms with Crippen LogP contribution in [0, 0.1) is 5.92 Å². The number of aromatic nitrogens is 2. The summed E-state index contributed by atoms with van der Waals surface area (Å²) in [6.45, 7) is 4.66. The van der Waals surface area contributed by atoms with E-state index in [0.29, 0.717) is 31.7 Å². The lowest BCUT2D eigenvalue weighted by Gasteiger charge is -2.42. The number of aromatic amines is 1. The maximum atomic E-state index is 13.0. The number of rotatable bonds is 4. The number of hydrogen-bond acceptors (Lipinski definition) is 5. The summed E-state index contributed by atoms with van der Waals surface area (Å²) in [5.41, 5.74) is 0.00426. The minimum atomic E-state index is -0.498. The molecule has 1 saturated carbocycles. The monoisotopic (exact) mass is 349 g/mol. The largest absolute Gasteiger partial charge is 0.393 e. The molecule has 0 unspecified atom stereocenters. The van der Waals surface area contributed by atoms with Gasteiger partial charge in [-0.2, -0.15) is 4.98 Å². The predicted octanol–water partition coefficient (Wildman–Crippen LogP) is 1.11. The second-order valence-electron chi connectivity index (χ2n) is 7.66. The van der Waals surface area contributed by atoms with Crippen LogP contribution in [-0.2, 0) is 11.2 Å². The normalized spacial score (nSPS) is 29.1. The van der Waals surface area contributed by atoms with Gasteiger partial charge in [0.05, 0.1) is 17.7 Å².